The number of carbonyl (C=O) groups excluding carboxylic acids is 1. The number of nitrogens with two attached hydrogens (primary N) is 1. The van der Waals surface area contributed by atoms with Crippen molar-refractivity contribution in [1.82, 2.24) is 9.78 Å². The molecule has 0 bridgehead atoms. The van der Waals surface area contributed by atoms with Crippen molar-refractivity contribution in [2.45, 2.75) is 77.9 Å². The summed E-state index contributed by atoms with van der Waals surface area (Å²) >= 11 is 0. The van der Waals surface area contributed by atoms with E-state index in [9.17, 15) is 9.90 Å². The molecular formula is C23H31FN4O2. The van der Waals surface area contributed by atoms with Crippen molar-refractivity contribution >= 4 is 11.6 Å². The van der Waals surface area contributed by atoms with Gasteiger partial charge in [0.05, 0.1) is 34.8 Å². The number of aromatic nitrogens is 2. The molecule has 6 nitrogen and oxygen atoms in total. The van der Waals surface area contributed by atoms with E-state index in [2.05, 4.69) is 26.1 Å². The van der Waals surface area contributed by atoms with Gasteiger partial charge in [0.2, 0.25) is 0 Å². The lowest BCUT2D eigenvalue weighted by Crippen LogP contribution is -2.30. The maximum absolute atomic E-state index is 15.0. The fraction of sp³-hybridized carbons (Fsp3) is 0.565. The fourth-order valence-corrected chi connectivity index (χ4v) is 4.90. The van der Waals surface area contributed by atoms with Gasteiger partial charge in [-0.3, -0.25) is 4.79 Å². The molecule has 1 amide bonds. The molecule has 0 spiro atoms. The summed E-state index contributed by atoms with van der Waals surface area (Å²) in [5, 5.41) is 18.2. The van der Waals surface area contributed by atoms with E-state index in [1.54, 1.807) is 6.07 Å². The number of halogens is 1. The smallest absolute Gasteiger partial charge is 0.253 e. The number of fused-ring (bicyclic) bond motifs is 1. The van der Waals surface area contributed by atoms with Crippen LogP contribution in [-0.4, -0.2) is 32.9 Å². The van der Waals surface area contributed by atoms with E-state index in [-0.39, 0.29) is 17.0 Å². The predicted molar refractivity (Wildman–Crippen MR) is 114 cm³/mol. The lowest BCUT2D eigenvalue weighted by Gasteiger charge is -2.30. The van der Waals surface area contributed by atoms with Crippen LogP contribution in [0.4, 0.5) is 10.1 Å². The Hall–Kier alpha value is -2.41. The molecule has 1 aromatic heterocycles. The molecule has 0 saturated heterocycles. The summed E-state index contributed by atoms with van der Waals surface area (Å²) in [6.45, 7) is 6.56. The molecule has 0 unspecified atom stereocenters. The van der Waals surface area contributed by atoms with Crippen LogP contribution in [-0.2, 0) is 19.3 Å². The number of benzene rings is 1. The highest BCUT2D eigenvalue weighted by Crippen LogP contribution is 2.38. The number of nitrogens with zero attached hydrogens (tertiary/aromatic N) is 2. The summed E-state index contributed by atoms with van der Waals surface area (Å²) in [4.78, 5) is 12.0. The van der Waals surface area contributed by atoms with Crippen LogP contribution in [0.25, 0.3) is 5.69 Å². The third-order valence-electron chi connectivity index (χ3n) is 6.59. The van der Waals surface area contributed by atoms with Gasteiger partial charge >= 0.3 is 0 Å². The van der Waals surface area contributed by atoms with Crippen LogP contribution < -0.4 is 11.1 Å². The number of aliphatic hydroxyl groups excluding tert-OH is 1. The van der Waals surface area contributed by atoms with Gasteiger partial charge in [0, 0.05) is 11.8 Å². The number of anilines is 1. The second kappa shape index (κ2) is 7.69. The van der Waals surface area contributed by atoms with Gasteiger partial charge in [0.25, 0.3) is 5.91 Å². The molecule has 162 valence electrons. The van der Waals surface area contributed by atoms with Crippen LogP contribution in [0.1, 0.15) is 73.8 Å². The zero-order valence-corrected chi connectivity index (χ0v) is 18.0. The number of carbonyl (C=O) groups is 1. The van der Waals surface area contributed by atoms with Gasteiger partial charge in [0.1, 0.15) is 5.82 Å². The molecule has 2 atom stereocenters. The Morgan fingerprint density at radius 1 is 1.40 bits per heavy atom. The Morgan fingerprint density at radius 3 is 2.80 bits per heavy atom. The van der Waals surface area contributed by atoms with Gasteiger partial charge in [0.15, 0.2) is 0 Å². The molecule has 7 heteroatoms. The molecule has 1 aromatic carbocycles. The molecule has 1 heterocycles. The summed E-state index contributed by atoms with van der Waals surface area (Å²) in [6, 6.07) is 2.85. The first-order valence-electron chi connectivity index (χ1n) is 10.9. The van der Waals surface area contributed by atoms with Crippen LogP contribution >= 0.6 is 0 Å². The van der Waals surface area contributed by atoms with Crippen molar-refractivity contribution in [2.24, 2.45) is 11.1 Å². The van der Waals surface area contributed by atoms with Gasteiger partial charge in [-0.25, -0.2) is 9.07 Å². The maximum Gasteiger partial charge on any atom is 0.253 e. The molecule has 0 radical (unpaired) electrons. The van der Waals surface area contributed by atoms with Crippen LogP contribution in [0.15, 0.2) is 12.1 Å². The molecule has 2 aliphatic carbocycles. The Labute approximate surface area is 176 Å². The first kappa shape index (κ1) is 20.8. The van der Waals surface area contributed by atoms with Crippen LogP contribution in [0.3, 0.4) is 0 Å². The Kier molecular flexibility index (Phi) is 5.34. The largest absolute Gasteiger partial charge is 0.391 e. The SMILES string of the molecule is CCc1nn(-c2cc(F)c(C(N)=O)c(N[C@H]3CCC[C@@H]3O)c2)c2c1CCC(C)(C)C2. The third-order valence-corrected chi connectivity index (χ3v) is 6.59. The van der Waals surface area contributed by atoms with Crippen molar-refractivity contribution in [3.8, 4) is 5.69 Å². The number of amides is 1. The lowest BCUT2D eigenvalue weighted by atomic mass is 9.76. The van der Waals surface area contributed by atoms with E-state index in [1.165, 1.54) is 11.6 Å². The molecule has 0 aliphatic heterocycles. The molecule has 1 saturated carbocycles. The number of nitrogens with one attached hydrogen (secondary N) is 1. The van der Waals surface area contributed by atoms with Crippen molar-refractivity contribution in [1.29, 1.82) is 0 Å². The number of aryl methyl sites for hydroxylation is 1. The van der Waals surface area contributed by atoms with Gasteiger partial charge in [-0.2, -0.15) is 5.10 Å². The standard InChI is InChI=1S/C23H31FN4O2/c1-4-16-14-8-9-23(2,3)12-19(14)28(27-16)13-10-15(24)21(22(25)30)18(11-13)26-17-6-5-7-20(17)29/h10-11,17,20,26,29H,4-9,12H2,1-3H3,(H2,25,30)/t17-,20-/m0/s1. The highest BCUT2D eigenvalue weighted by molar-refractivity contribution is 5.99. The summed E-state index contributed by atoms with van der Waals surface area (Å²) in [5.41, 5.74) is 9.77. The molecule has 2 aromatic rings. The predicted octanol–water partition coefficient (Wildman–Crippen LogP) is 3.51. The van der Waals surface area contributed by atoms with E-state index in [4.69, 9.17) is 10.8 Å². The Morgan fingerprint density at radius 2 is 2.17 bits per heavy atom. The topological polar surface area (TPSA) is 93.2 Å². The zero-order valence-electron chi connectivity index (χ0n) is 18.0. The normalized spacial score (nSPS) is 22.7. The first-order chi connectivity index (χ1) is 14.2. The minimum atomic E-state index is -0.827. The maximum atomic E-state index is 15.0. The summed E-state index contributed by atoms with van der Waals surface area (Å²) in [7, 11) is 0. The lowest BCUT2D eigenvalue weighted by molar-refractivity contribution is 0.0997. The van der Waals surface area contributed by atoms with Crippen LogP contribution in [0, 0.1) is 11.2 Å². The second-order valence-electron chi connectivity index (χ2n) is 9.44. The van der Waals surface area contributed by atoms with Gasteiger partial charge in [-0.15, -0.1) is 0 Å². The van der Waals surface area contributed by atoms with Gasteiger partial charge in [-0.1, -0.05) is 20.8 Å². The molecule has 1 fully saturated rings. The van der Waals surface area contributed by atoms with E-state index in [0.29, 0.717) is 17.8 Å². The highest BCUT2D eigenvalue weighted by atomic mass is 19.1. The molecule has 4 rings (SSSR count). The average molecular weight is 415 g/mol. The zero-order chi connectivity index (χ0) is 21.6. The minimum absolute atomic E-state index is 0.149. The Balaban J connectivity index is 1.82. The Bertz CT molecular complexity index is 982. The molecule has 30 heavy (non-hydrogen) atoms. The summed E-state index contributed by atoms with van der Waals surface area (Å²) < 4.78 is 16.9. The number of aliphatic hydroxyl groups is 1. The third kappa shape index (κ3) is 3.71. The van der Waals surface area contributed by atoms with Gasteiger partial charge < -0.3 is 16.2 Å². The van der Waals surface area contributed by atoms with E-state index >= 15 is 4.39 Å². The molecule has 4 N–H and O–H groups in total. The van der Waals surface area contributed by atoms with Crippen LogP contribution in [0.5, 0.6) is 0 Å². The van der Waals surface area contributed by atoms with Crippen LogP contribution in [0.2, 0.25) is 0 Å². The van der Waals surface area contributed by atoms with Gasteiger partial charge in [-0.05, 0) is 62.0 Å². The minimum Gasteiger partial charge on any atom is -0.391 e. The van der Waals surface area contributed by atoms with E-state index < -0.39 is 17.8 Å². The summed E-state index contributed by atoms with van der Waals surface area (Å²) in [6.07, 6.45) is 5.54. The van der Waals surface area contributed by atoms with E-state index in [1.807, 2.05) is 4.68 Å². The van der Waals surface area contributed by atoms with Crippen molar-refractivity contribution in [3.05, 3.63) is 40.5 Å². The first-order valence-corrected chi connectivity index (χ1v) is 10.9. The van der Waals surface area contributed by atoms with Crippen molar-refractivity contribution in [2.75, 3.05) is 5.32 Å². The monoisotopic (exact) mass is 414 g/mol. The fourth-order valence-electron chi connectivity index (χ4n) is 4.90. The number of rotatable bonds is 5. The van der Waals surface area contributed by atoms with Crippen molar-refractivity contribution < 1.29 is 14.3 Å². The quantitative estimate of drug-likeness (QED) is 0.698. The molecule has 2 aliphatic rings. The number of hydrogen-bond acceptors (Lipinski definition) is 4. The average Bonchev–Trinajstić information content (AvgIpc) is 3.23. The second-order valence-corrected chi connectivity index (χ2v) is 9.44. The van der Waals surface area contributed by atoms with Crippen molar-refractivity contribution in [3.63, 3.8) is 0 Å². The number of primary amides is 1. The summed E-state index contributed by atoms with van der Waals surface area (Å²) in [5.74, 6) is -1.50. The number of hydrogen-bond donors (Lipinski definition) is 3. The highest BCUT2D eigenvalue weighted by Gasteiger charge is 2.32. The molecular weight excluding hydrogens is 383 g/mol. The van der Waals surface area contributed by atoms with E-state index in [0.717, 1.165) is 49.9 Å².